The first-order valence-corrected chi connectivity index (χ1v) is 5.11. The number of anilines is 2. The van der Waals surface area contributed by atoms with E-state index in [0.717, 1.165) is 5.56 Å². The molecule has 1 amide bonds. The first kappa shape index (κ1) is 11.1. The Labute approximate surface area is 98.7 Å². The van der Waals surface area contributed by atoms with Crippen molar-refractivity contribution in [3.05, 3.63) is 47.9 Å². The highest BCUT2D eigenvalue weighted by Crippen LogP contribution is 2.13. The monoisotopic (exact) mass is 228 g/mol. The van der Waals surface area contributed by atoms with Crippen molar-refractivity contribution in [2.24, 2.45) is 0 Å². The van der Waals surface area contributed by atoms with Crippen molar-refractivity contribution in [2.75, 3.05) is 11.1 Å². The molecule has 0 saturated heterocycles. The third kappa shape index (κ3) is 2.57. The zero-order valence-corrected chi connectivity index (χ0v) is 9.34. The van der Waals surface area contributed by atoms with Crippen LogP contribution >= 0.6 is 0 Å². The van der Waals surface area contributed by atoms with E-state index in [1.807, 2.05) is 6.92 Å². The minimum absolute atomic E-state index is 0.290. The van der Waals surface area contributed by atoms with Crippen molar-refractivity contribution in [3.63, 3.8) is 0 Å². The fraction of sp³-hybridized carbons (Fsp3) is 0.0833. The molecule has 0 bridgehead atoms. The van der Waals surface area contributed by atoms with E-state index in [2.05, 4.69) is 15.3 Å². The molecule has 86 valence electrons. The Kier molecular flexibility index (Phi) is 3.00. The fourth-order valence-electron chi connectivity index (χ4n) is 1.31. The number of carbonyl (C=O) groups excluding carboxylic acids is 1. The molecule has 2 aromatic heterocycles. The molecule has 0 radical (unpaired) electrons. The number of nitrogens with one attached hydrogen (secondary N) is 1. The predicted molar refractivity (Wildman–Crippen MR) is 65.6 cm³/mol. The van der Waals surface area contributed by atoms with Crippen molar-refractivity contribution < 1.29 is 4.79 Å². The number of hydrogen-bond donors (Lipinski definition) is 2. The third-order valence-corrected chi connectivity index (χ3v) is 2.29. The van der Waals surface area contributed by atoms with Gasteiger partial charge in [-0.25, -0.2) is 4.98 Å². The highest BCUT2D eigenvalue weighted by Gasteiger charge is 2.07. The third-order valence-electron chi connectivity index (χ3n) is 2.29. The van der Waals surface area contributed by atoms with Crippen LogP contribution in [0.4, 0.5) is 11.5 Å². The number of rotatable bonds is 2. The van der Waals surface area contributed by atoms with Crippen LogP contribution in [0.1, 0.15) is 16.1 Å². The van der Waals surface area contributed by atoms with E-state index in [1.54, 1.807) is 30.5 Å². The van der Waals surface area contributed by atoms with Crippen LogP contribution in [0.5, 0.6) is 0 Å². The number of nitrogen functional groups attached to an aromatic ring is 1. The normalized spacial score (nSPS) is 9.94. The van der Waals surface area contributed by atoms with Crippen LogP contribution in [-0.4, -0.2) is 15.9 Å². The fourth-order valence-corrected chi connectivity index (χ4v) is 1.31. The number of carbonyl (C=O) groups is 1. The van der Waals surface area contributed by atoms with Crippen LogP contribution in [0.3, 0.4) is 0 Å². The summed E-state index contributed by atoms with van der Waals surface area (Å²) in [5.41, 5.74) is 7.46. The molecular formula is C12H12N4O. The molecule has 0 fully saturated rings. The van der Waals surface area contributed by atoms with E-state index in [4.69, 9.17) is 5.73 Å². The molecule has 17 heavy (non-hydrogen) atoms. The number of aromatic nitrogens is 2. The number of aryl methyl sites for hydroxylation is 1. The summed E-state index contributed by atoms with van der Waals surface area (Å²) in [6.45, 7) is 1.85. The van der Waals surface area contributed by atoms with Crippen molar-refractivity contribution >= 4 is 17.4 Å². The van der Waals surface area contributed by atoms with E-state index < -0.39 is 0 Å². The Hall–Kier alpha value is -2.43. The molecule has 0 spiro atoms. The lowest BCUT2D eigenvalue weighted by Gasteiger charge is -2.05. The van der Waals surface area contributed by atoms with Crippen LogP contribution in [0.15, 0.2) is 36.7 Å². The summed E-state index contributed by atoms with van der Waals surface area (Å²) in [6.07, 6.45) is 3.08. The zero-order valence-electron chi connectivity index (χ0n) is 9.34. The molecule has 0 aliphatic heterocycles. The Bertz CT molecular complexity index is 539. The minimum Gasteiger partial charge on any atom is -0.397 e. The topological polar surface area (TPSA) is 80.9 Å². The van der Waals surface area contributed by atoms with Gasteiger partial charge in [0.25, 0.3) is 5.91 Å². The van der Waals surface area contributed by atoms with Gasteiger partial charge in [0.15, 0.2) is 0 Å². The van der Waals surface area contributed by atoms with Gasteiger partial charge in [-0.3, -0.25) is 9.78 Å². The van der Waals surface area contributed by atoms with Crippen LogP contribution in [0.25, 0.3) is 0 Å². The number of amides is 1. The summed E-state index contributed by atoms with van der Waals surface area (Å²) < 4.78 is 0. The molecule has 5 heteroatoms. The average Bonchev–Trinajstić information content (AvgIpc) is 2.35. The quantitative estimate of drug-likeness (QED) is 0.818. The smallest absolute Gasteiger partial charge is 0.275 e. The highest BCUT2D eigenvalue weighted by atomic mass is 16.1. The highest BCUT2D eigenvalue weighted by molar-refractivity contribution is 6.02. The van der Waals surface area contributed by atoms with Crippen molar-refractivity contribution in [2.45, 2.75) is 6.92 Å². The molecule has 5 nitrogen and oxygen atoms in total. The molecule has 0 aliphatic carbocycles. The van der Waals surface area contributed by atoms with Gasteiger partial charge in [-0.15, -0.1) is 0 Å². The maximum Gasteiger partial charge on any atom is 0.275 e. The van der Waals surface area contributed by atoms with Gasteiger partial charge in [-0.2, -0.15) is 0 Å². The van der Waals surface area contributed by atoms with E-state index in [9.17, 15) is 4.79 Å². The Morgan fingerprint density at radius 1 is 1.35 bits per heavy atom. The average molecular weight is 228 g/mol. The number of hydrogen-bond acceptors (Lipinski definition) is 4. The second kappa shape index (κ2) is 4.61. The van der Waals surface area contributed by atoms with Gasteiger partial charge in [0, 0.05) is 6.20 Å². The molecule has 0 aromatic carbocycles. The summed E-state index contributed by atoms with van der Waals surface area (Å²) in [4.78, 5) is 19.7. The number of pyridine rings is 2. The molecular weight excluding hydrogens is 216 g/mol. The van der Waals surface area contributed by atoms with Gasteiger partial charge in [0.2, 0.25) is 0 Å². The number of nitrogens with two attached hydrogens (primary N) is 1. The summed E-state index contributed by atoms with van der Waals surface area (Å²) in [5.74, 6) is 0.176. The molecule has 0 aliphatic rings. The predicted octanol–water partition coefficient (Wildman–Crippen LogP) is 1.62. The molecule has 0 unspecified atom stereocenters. The van der Waals surface area contributed by atoms with Gasteiger partial charge in [0.1, 0.15) is 11.5 Å². The second-order valence-electron chi connectivity index (χ2n) is 3.60. The van der Waals surface area contributed by atoms with Gasteiger partial charge in [0.05, 0.1) is 11.9 Å². The van der Waals surface area contributed by atoms with Crippen molar-refractivity contribution in [1.29, 1.82) is 0 Å². The summed E-state index contributed by atoms with van der Waals surface area (Å²) >= 11 is 0. The van der Waals surface area contributed by atoms with Crippen molar-refractivity contribution in [1.82, 2.24) is 9.97 Å². The number of nitrogens with zero attached hydrogens (tertiary/aromatic N) is 2. The van der Waals surface area contributed by atoms with E-state index >= 15 is 0 Å². The molecule has 2 heterocycles. The molecule has 0 saturated carbocycles. The maximum atomic E-state index is 11.8. The zero-order chi connectivity index (χ0) is 12.3. The molecule has 0 atom stereocenters. The SMILES string of the molecule is Cc1cc(NC(=O)c2ccccn2)ncc1N. The summed E-state index contributed by atoms with van der Waals surface area (Å²) in [6, 6.07) is 6.86. The second-order valence-corrected chi connectivity index (χ2v) is 3.60. The van der Waals surface area contributed by atoms with Crippen LogP contribution in [-0.2, 0) is 0 Å². The summed E-state index contributed by atoms with van der Waals surface area (Å²) in [7, 11) is 0. The van der Waals surface area contributed by atoms with Gasteiger partial charge < -0.3 is 11.1 Å². The molecule has 2 rings (SSSR count). The Morgan fingerprint density at radius 2 is 2.18 bits per heavy atom. The summed E-state index contributed by atoms with van der Waals surface area (Å²) in [5, 5.41) is 2.66. The lowest BCUT2D eigenvalue weighted by Crippen LogP contribution is -2.14. The standard InChI is InChI=1S/C12H12N4O/c1-8-6-11(15-7-9(8)13)16-12(17)10-4-2-3-5-14-10/h2-7H,13H2,1H3,(H,15,16,17). The first-order valence-electron chi connectivity index (χ1n) is 5.11. The maximum absolute atomic E-state index is 11.8. The molecule has 2 aromatic rings. The van der Waals surface area contributed by atoms with E-state index in [0.29, 0.717) is 17.2 Å². The van der Waals surface area contributed by atoms with Gasteiger partial charge in [-0.1, -0.05) is 6.07 Å². The van der Waals surface area contributed by atoms with Gasteiger partial charge >= 0.3 is 0 Å². The van der Waals surface area contributed by atoms with E-state index in [-0.39, 0.29) is 5.91 Å². The minimum atomic E-state index is -0.290. The lowest BCUT2D eigenvalue weighted by atomic mass is 10.2. The van der Waals surface area contributed by atoms with E-state index in [1.165, 1.54) is 6.20 Å². The Balaban J connectivity index is 2.16. The lowest BCUT2D eigenvalue weighted by molar-refractivity contribution is 0.102. The molecule has 3 N–H and O–H groups in total. The van der Waals surface area contributed by atoms with Crippen molar-refractivity contribution in [3.8, 4) is 0 Å². The van der Waals surface area contributed by atoms with Gasteiger partial charge in [-0.05, 0) is 30.7 Å². The Morgan fingerprint density at radius 3 is 2.82 bits per heavy atom. The largest absolute Gasteiger partial charge is 0.397 e. The van der Waals surface area contributed by atoms with Crippen LogP contribution in [0.2, 0.25) is 0 Å². The first-order chi connectivity index (χ1) is 8.16. The van der Waals surface area contributed by atoms with Crippen LogP contribution < -0.4 is 11.1 Å². The van der Waals surface area contributed by atoms with Crippen LogP contribution in [0, 0.1) is 6.92 Å².